The molecule has 1 unspecified atom stereocenters. The molecule has 2 aromatic carbocycles. The zero-order chi connectivity index (χ0) is 26.8. The van der Waals surface area contributed by atoms with Crippen molar-refractivity contribution in [3.63, 3.8) is 0 Å². The highest BCUT2D eigenvalue weighted by Gasteiger charge is 2.30. The van der Waals surface area contributed by atoms with Crippen LogP contribution in [0.4, 0.5) is 5.69 Å². The molecule has 1 saturated carbocycles. The predicted octanol–water partition coefficient (Wildman–Crippen LogP) is 4.11. The quantitative estimate of drug-likeness (QED) is 0.421. The van der Waals surface area contributed by atoms with Gasteiger partial charge in [0, 0.05) is 31.6 Å². The highest BCUT2D eigenvalue weighted by Crippen LogP contribution is 2.24. The number of ether oxygens (including phenoxy) is 1. The summed E-state index contributed by atoms with van der Waals surface area (Å²) in [5.41, 5.74) is 1.43. The summed E-state index contributed by atoms with van der Waals surface area (Å²) >= 11 is 0. The van der Waals surface area contributed by atoms with Crippen molar-refractivity contribution in [2.24, 2.45) is 0 Å². The minimum atomic E-state index is -3.57. The van der Waals surface area contributed by atoms with Crippen LogP contribution in [-0.4, -0.2) is 57.1 Å². The molecule has 2 aromatic rings. The molecule has 1 aliphatic carbocycles. The van der Waals surface area contributed by atoms with E-state index in [1.165, 1.54) is 11.4 Å². The van der Waals surface area contributed by atoms with Crippen LogP contribution in [0, 0.1) is 0 Å². The van der Waals surface area contributed by atoms with E-state index in [0.717, 1.165) is 37.5 Å². The van der Waals surface area contributed by atoms with Crippen molar-refractivity contribution in [1.29, 1.82) is 0 Å². The SMILES string of the molecule is CCC(C(=O)NC1CCCC1)N(Cc1ccccc1)C(=O)CCCN(c1cccc(OC)c1)S(C)(=O)=O. The number of nitrogens with zero attached hydrogens (tertiary/aromatic N) is 2. The van der Waals surface area contributed by atoms with Gasteiger partial charge in [0.1, 0.15) is 11.8 Å². The Morgan fingerprint density at radius 2 is 1.78 bits per heavy atom. The maximum absolute atomic E-state index is 13.5. The molecule has 0 spiro atoms. The Morgan fingerprint density at radius 3 is 2.41 bits per heavy atom. The first-order chi connectivity index (χ1) is 17.7. The molecular weight excluding hydrogens is 490 g/mol. The molecule has 9 heteroatoms. The molecular formula is C28H39N3O5S. The van der Waals surface area contributed by atoms with E-state index in [0.29, 0.717) is 30.8 Å². The van der Waals surface area contributed by atoms with Crippen molar-refractivity contribution in [2.45, 2.75) is 70.5 Å². The topological polar surface area (TPSA) is 96.0 Å². The van der Waals surface area contributed by atoms with Gasteiger partial charge in [0.05, 0.1) is 19.1 Å². The summed E-state index contributed by atoms with van der Waals surface area (Å²) in [4.78, 5) is 28.4. The minimum absolute atomic E-state index is 0.118. The highest BCUT2D eigenvalue weighted by atomic mass is 32.2. The highest BCUT2D eigenvalue weighted by molar-refractivity contribution is 7.92. The molecule has 0 aromatic heterocycles. The molecule has 0 bridgehead atoms. The maximum Gasteiger partial charge on any atom is 0.243 e. The summed E-state index contributed by atoms with van der Waals surface area (Å²) in [5.74, 6) is 0.263. The van der Waals surface area contributed by atoms with Crippen molar-refractivity contribution < 1.29 is 22.7 Å². The molecule has 37 heavy (non-hydrogen) atoms. The maximum atomic E-state index is 13.5. The normalized spacial score (nSPS) is 14.7. The van der Waals surface area contributed by atoms with Crippen LogP contribution in [0.2, 0.25) is 0 Å². The number of rotatable bonds is 13. The van der Waals surface area contributed by atoms with Crippen molar-refractivity contribution in [3.05, 3.63) is 60.2 Å². The molecule has 2 amide bonds. The van der Waals surface area contributed by atoms with Gasteiger partial charge in [-0.15, -0.1) is 0 Å². The first kappa shape index (κ1) is 28.5. The van der Waals surface area contributed by atoms with E-state index in [-0.39, 0.29) is 30.8 Å². The number of hydrogen-bond acceptors (Lipinski definition) is 5. The molecule has 1 atom stereocenters. The van der Waals surface area contributed by atoms with Gasteiger partial charge in [-0.1, -0.05) is 56.2 Å². The molecule has 0 radical (unpaired) electrons. The van der Waals surface area contributed by atoms with E-state index in [2.05, 4.69) is 5.32 Å². The van der Waals surface area contributed by atoms with Gasteiger partial charge >= 0.3 is 0 Å². The Balaban J connectivity index is 1.74. The van der Waals surface area contributed by atoms with Crippen molar-refractivity contribution >= 4 is 27.5 Å². The average Bonchev–Trinajstić information content (AvgIpc) is 3.39. The summed E-state index contributed by atoms with van der Waals surface area (Å²) < 4.78 is 31.6. The summed E-state index contributed by atoms with van der Waals surface area (Å²) in [6.07, 6.45) is 6.25. The van der Waals surface area contributed by atoms with Crippen LogP contribution in [0.5, 0.6) is 5.75 Å². The number of sulfonamides is 1. The number of anilines is 1. The van der Waals surface area contributed by atoms with E-state index < -0.39 is 16.1 Å². The standard InChI is InChI=1S/C28H39N3O5S/c1-4-26(28(33)29-23-14-8-9-15-23)30(21-22-12-6-5-7-13-22)27(32)18-11-19-31(37(3,34)35)24-16-10-17-25(20-24)36-2/h5-7,10,12-13,16-17,20,23,26H,4,8-9,11,14-15,18-19,21H2,1-3H3,(H,29,33). The third kappa shape index (κ3) is 8.21. The van der Waals surface area contributed by atoms with E-state index in [4.69, 9.17) is 4.74 Å². The Bertz CT molecular complexity index is 1130. The molecule has 1 N–H and O–H groups in total. The van der Waals surface area contributed by atoms with Gasteiger partial charge in [-0.05, 0) is 43.4 Å². The lowest BCUT2D eigenvalue weighted by Crippen LogP contribution is -2.51. The second-order valence-corrected chi connectivity index (χ2v) is 11.5. The monoisotopic (exact) mass is 529 g/mol. The summed E-state index contributed by atoms with van der Waals surface area (Å²) in [7, 11) is -2.04. The molecule has 8 nitrogen and oxygen atoms in total. The van der Waals surface area contributed by atoms with Crippen molar-refractivity contribution in [1.82, 2.24) is 10.2 Å². The fourth-order valence-corrected chi connectivity index (χ4v) is 5.79. The van der Waals surface area contributed by atoms with Crippen molar-refractivity contribution in [2.75, 3.05) is 24.2 Å². The van der Waals surface area contributed by atoms with Crippen molar-refractivity contribution in [3.8, 4) is 5.75 Å². The Kier molecular flexibility index (Phi) is 10.4. The molecule has 3 rings (SSSR count). The van der Waals surface area contributed by atoms with Gasteiger partial charge in [0.25, 0.3) is 0 Å². The zero-order valence-corrected chi connectivity index (χ0v) is 22.9. The van der Waals surface area contributed by atoms with Crippen LogP contribution >= 0.6 is 0 Å². The van der Waals surface area contributed by atoms with Gasteiger partial charge in [-0.3, -0.25) is 13.9 Å². The molecule has 1 aliphatic rings. The summed E-state index contributed by atoms with van der Waals surface area (Å²) in [6, 6.07) is 16.0. The molecule has 0 heterocycles. The smallest absolute Gasteiger partial charge is 0.243 e. The average molecular weight is 530 g/mol. The second-order valence-electron chi connectivity index (χ2n) is 9.56. The number of amides is 2. The van der Waals surface area contributed by atoms with Crippen LogP contribution in [0.1, 0.15) is 57.4 Å². The third-order valence-electron chi connectivity index (χ3n) is 6.78. The summed E-state index contributed by atoms with van der Waals surface area (Å²) in [5, 5.41) is 3.15. The zero-order valence-electron chi connectivity index (χ0n) is 22.1. The third-order valence-corrected chi connectivity index (χ3v) is 7.97. The molecule has 0 aliphatic heterocycles. The van der Waals surface area contributed by atoms with E-state index >= 15 is 0 Å². The van der Waals surface area contributed by atoms with Crippen LogP contribution < -0.4 is 14.4 Å². The van der Waals surface area contributed by atoms with Gasteiger partial charge in [-0.25, -0.2) is 8.42 Å². The Hall–Kier alpha value is -3.07. The van der Waals surface area contributed by atoms with E-state index in [9.17, 15) is 18.0 Å². The molecule has 202 valence electrons. The van der Waals surface area contributed by atoms with Gasteiger partial charge in [0.2, 0.25) is 21.8 Å². The largest absolute Gasteiger partial charge is 0.497 e. The lowest BCUT2D eigenvalue weighted by Gasteiger charge is -2.32. The lowest BCUT2D eigenvalue weighted by atomic mass is 10.1. The van der Waals surface area contributed by atoms with Crippen LogP contribution in [0.15, 0.2) is 54.6 Å². The molecule has 1 fully saturated rings. The lowest BCUT2D eigenvalue weighted by molar-refractivity contribution is -0.141. The number of carbonyl (C=O) groups excluding carboxylic acids is 2. The van der Waals surface area contributed by atoms with Crippen LogP contribution in [-0.2, 0) is 26.2 Å². The Labute approximate surface area is 221 Å². The first-order valence-electron chi connectivity index (χ1n) is 13.0. The fraction of sp³-hybridized carbons (Fsp3) is 0.500. The minimum Gasteiger partial charge on any atom is -0.497 e. The second kappa shape index (κ2) is 13.5. The van der Waals surface area contributed by atoms with Gasteiger partial charge in [-0.2, -0.15) is 0 Å². The van der Waals surface area contributed by atoms with E-state index in [1.807, 2.05) is 37.3 Å². The predicted molar refractivity (Wildman–Crippen MR) is 146 cm³/mol. The van der Waals surface area contributed by atoms with Crippen LogP contribution in [0.25, 0.3) is 0 Å². The number of carbonyl (C=O) groups is 2. The van der Waals surface area contributed by atoms with E-state index in [1.54, 1.807) is 29.2 Å². The summed E-state index contributed by atoms with van der Waals surface area (Å²) in [6.45, 7) is 2.38. The molecule has 0 saturated heterocycles. The number of hydrogen-bond donors (Lipinski definition) is 1. The Morgan fingerprint density at radius 1 is 1.08 bits per heavy atom. The number of methoxy groups -OCH3 is 1. The van der Waals surface area contributed by atoms with Gasteiger partial charge in [0.15, 0.2) is 0 Å². The van der Waals surface area contributed by atoms with Crippen LogP contribution in [0.3, 0.4) is 0 Å². The first-order valence-corrected chi connectivity index (χ1v) is 14.8. The number of nitrogens with one attached hydrogen (secondary N) is 1. The fourth-order valence-electron chi connectivity index (χ4n) is 4.84. The van der Waals surface area contributed by atoms with Gasteiger partial charge < -0.3 is 15.0 Å². The number of benzene rings is 2.